The molecule has 1 N–H and O–H groups in total. The van der Waals surface area contributed by atoms with Crippen LogP contribution in [0.2, 0.25) is 0 Å². The number of benzene rings is 1. The summed E-state index contributed by atoms with van der Waals surface area (Å²) in [6, 6.07) is 6.47. The summed E-state index contributed by atoms with van der Waals surface area (Å²) in [6.07, 6.45) is 9.05. The Hall–Kier alpha value is -3.17. The monoisotopic (exact) mass is 537 g/mol. The standard InChI is InChI=1S/C30H39N3O6/c1-4-9-20(3)31-17-7-15-30-25(28(36)33(18-8-19-34)26(30)29(31)37)24-23(39-30)10-6-16-32(27(24)35)21-11-13-22(14-12-21)38-5-2/h6-7,10-15,20,23-26,34H,4-5,8-9,16-19H2,1-3H3/t20?,23-,24+,25+,26?,30+/m1/s1. The van der Waals surface area contributed by atoms with Crippen molar-refractivity contribution in [2.24, 2.45) is 11.8 Å². The molecule has 4 aliphatic rings. The van der Waals surface area contributed by atoms with E-state index in [0.717, 1.165) is 18.6 Å². The fourth-order valence-electron chi connectivity index (χ4n) is 6.73. The van der Waals surface area contributed by atoms with Crippen molar-refractivity contribution in [1.29, 1.82) is 0 Å². The number of hydrogen-bond acceptors (Lipinski definition) is 6. The number of rotatable bonds is 9. The number of carbonyl (C=O) groups is 3. The molecule has 0 aliphatic carbocycles. The molecule has 4 aliphatic heterocycles. The van der Waals surface area contributed by atoms with Crippen molar-refractivity contribution in [2.75, 3.05) is 37.7 Å². The zero-order valence-corrected chi connectivity index (χ0v) is 23.0. The molecular formula is C30H39N3O6. The van der Waals surface area contributed by atoms with Crippen LogP contribution in [0, 0.1) is 11.8 Å². The van der Waals surface area contributed by atoms with E-state index in [-0.39, 0.29) is 36.9 Å². The highest BCUT2D eigenvalue weighted by Crippen LogP contribution is 2.53. The van der Waals surface area contributed by atoms with Crippen LogP contribution in [0.15, 0.2) is 48.6 Å². The Bertz CT molecular complexity index is 1150. The quantitative estimate of drug-likeness (QED) is 0.486. The van der Waals surface area contributed by atoms with Crippen molar-refractivity contribution in [1.82, 2.24) is 9.80 Å². The minimum absolute atomic E-state index is 0.000275. The van der Waals surface area contributed by atoms with E-state index in [9.17, 15) is 19.5 Å². The van der Waals surface area contributed by atoms with Crippen molar-refractivity contribution in [2.45, 2.75) is 63.8 Å². The molecule has 1 aromatic carbocycles. The Morgan fingerprint density at radius 2 is 1.85 bits per heavy atom. The van der Waals surface area contributed by atoms with Gasteiger partial charge in [0.2, 0.25) is 17.7 Å². The number of hydrogen-bond donors (Lipinski definition) is 1. The second-order valence-corrected chi connectivity index (χ2v) is 10.8. The minimum atomic E-state index is -1.25. The van der Waals surface area contributed by atoms with Crippen LogP contribution >= 0.6 is 0 Å². The summed E-state index contributed by atoms with van der Waals surface area (Å²) in [6.45, 7) is 7.47. The van der Waals surface area contributed by atoms with Crippen LogP contribution in [0.3, 0.4) is 0 Å². The molecule has 39 heavy (non-hydrogen) atoms. The molecule has 0 saturated carbocycles. The summed E-state index contributed by atoms with van der Waals surface area (Å²) in [5.74, 6) is -1.52. The molecule has 2 saturated heterocycles. The molecule has 4 heterocycles. The van der Waals surface area contributed by atoms with Gasteiger partial charge >= 0.3 is 0 Å². The number of aliphatic hydroxyl groups is 1. The Labute approximate surface area is 230 Å². The lowest BCUT2D eigenvalue weighted by Gasteiger charge is -2.37. The SMILES string of the molecule is CCCC(C)N1CC=C[C@]23O[C@@H]4C=CCN(c5ccc(OCC)cc5)C(=O)[C@@H]4[C@H]2C(=O)N(CCCO)C3C1=O. The molecular weight excluding hydrogens is 498 g/mol. The van der Waals surface area contributed by atoms with Crippen LogP contribution in [0.4, 0.5) is 5.69 Å². The predicted octanol–water partition coefficient (Wildman–Crippen LogP) is 2.54. The summed E-state index contributed by atoms with van der Waals surface area (Å²) in [5.41, 5.74) is -0.539. The topological polar surface area (TPSA) is 99.6 Å². The first-order valence-corrected chi connectivity index (χ1v) is 14.2. The second kappa shape index (κ2) is 11.1. The number of amides is 3. The van der Waals surface area contributed by atoms with E-state index in [1.54, 1.807) is 9.80 Å². The van der Waals surface area contributed by atoms with E-state index in [2.05, 4.69) is 6.92 Å². The molecule has 6 atom stereocenters. The third-order valence-corrected chi connectivity index (χ3v) is 8.44. The van der Waals surface area contributed by atoms with Gasteiger partial charge in [-0.1, -0.05) is 37.6 Å². The molecule has 2 fully saturated rings. The molecule has 0 bridgehead atoms. The van der Waals surface area contributed by atoms with Gasteiger partial charge < -0.3 is 29.3 Å². The van der Waals surface area contributed by atoms with Crippen molar-refractivity contribution >= 4 is 23.4 Å². The third-order valence-electron chi connectivity index (χ3n) is 8.44. The molecule has 5 rings (SSSR count). The number of nitrogens with zero attached hydrogens (tertiary/aromatic N) is 3. The lowest BCUT2D eigenvalue weighted by molar-refractivity contribution is -0.148. The van der Waals surface area contributed by atoms with E-state index in [0.29, 0.717) is 31.8 Å². The fourth-order valence-corrected chi connectivity index (χ4v) is 6.73. The van der Waals surface area contributed by atoms with E-state index in [4.69, 9.17) is 9.47 Å². The lowest BCUT2D eigenvalue weighted by Crippen LogP contribution is -2.56. The maximum Gasteiger partial charge on any atom is 0.249 e. The first-order valence-electron chi connectivity index (χ1n) is 14.2. The lowest BCUT2D eigenvalue weighted by atomic mass is 9.77. The molecule has 3 amide bonds. The van der Waals surface area contributed by atoms with Gasteiger partial charge in [0, 0.05) is 38.0 Å². The van der Waals surface area contributed by atoms with Gasteiger partial charge in [-0.25, -0.2) is 0 Å². The van der Waals surface area contributed by atoms with Gasteiger partial charge in [0.05, 0.1) is 24.5 Å². The van der Waals surface area contributed by atoms with E-state index >= 15 is 0 Å². The number of aliphatic hydroxyl groups excluding tert-OH is 1. The van der Waals surface area contributed by atoms with Gasteiger partial charge in [0.25, 0.3) is 0 Å². The fraction of sp³-hybridized carbons (Fsp3) is 0.567. The van der Waals surface area contributed by atoms with Gasteiger partial charge in [-0.3, -0.25) is 14.4 Å². The number of fused-ring (bicyclic) bond motifs is 2. The molecule has 9 heteroatoms. The molecule has 0 radical (unpaired) electrons. The van der Waals surface area contributed by atoms with Crippen LogP contribution in [0.1, 0.15) is 40.0 Å². The Kier molecular flexibility index (Phi) is 7.82. The summed E-state index contributed by atoms with van der Waals surface area (Å²) in [5, 5.41) is 9.57. The first-order chi connectivity index (χ1) is 18.9. The van der Waals surface area contributed by atoms with Crippen LogP contribution < -0.4 is 9.64 Å². The van der Waals surface area contributed by atoms with Gasteiger partial charge in [-0.05, 0) is 51.0 Å². The van der Waals surface area contributed by atoms with Crippen molar-refractivity contribution in [3.63, 3.8) is 0 Å². The summed E-state index contributed by atoms with van der Waals surface area (Å²) in [4.78, 5) is 47.5. The number of likely N-dealkylation sites (tertiary alicyclic amines) is 1. The largest absolute Gasteiger partial charge is 0.494 e. The Morgan fingerprint density at radius 3 is 2.54 bits per heavy atom. The zero-order valence-electron chi connectivity index (χ0n) is 23.0. The minimum Gasteiger partial charge on any atom is -0.494 e. The average molecular weight is 538 g/mol. The normalized spacial score (nSPS) is 30.7. The van der Waals surface area contributed by atoms with Gasteiger partial charge in [0.15, 0.2) is 0 Å². The van der Waals surface area contributed by atoms with Gasteiger partial charge in [0.1, 0.15) is 17.4 Å². The van der Waals surface area contributed by atoms with Crippen molar-refractivity contribution < 1.29 is 29.0 Å². The van der Waals surface area contributed by atoms with E-state index in [1.165, 1.54) is 0 Å². The Morgan fingerprint density at radius 1 is 1.08 bits per heavy atom. The first kappa shape index (κ1) is 27.4. The van der Waals surface area contributed by atoms with Crippen LogP contribution in [0.5, 0.6) is 5.75 Å². The number of carbonyl (C=O) groups excluding carboxylic acids is 3. The molecule has 9 nitrogen and oxygen atoms in total. The summed E-state index contributed by atoms with van der Waals surface area (Å²) >= 11 is 0. The molecule has 1 aromatic rings. The van der Waals surface area contributed by atoms with Crippen LogP contribution in [-0.4, -0.2) is 89.3 Å². The number of anilines is 1. The van der Waals surface area contributed by atoms with Gasteiger partial charge in [-0.2, -0.15) is 0 Å². The molecule has 210 valence electrons. The highest BCUT2D eigenvalue weighted by Gasteiger charge is 2.71. The predicted molar refractivity (Wildman–Crippen MR) is 146 cm³/mol. The van der Waals surface area contributed by atoms with E-state index in [1.807, 2.05) is 67.3 Å². The average Bonchev–Trinajstić information content (AvgIpc) is 3.23. The smallest absolute Gasteiger partial charge is 0.249 e. The second-order valence-electron chi connectivity index (χ2n) is 10.8. The number of ether oxygens (including phenoxy) is 2. The summed E-state index contributed by atoms with van der Waals surface area (Å²) < 4.78 is 12.2. The highest BCUT2D eigenvalue weighted by molar-refractivity contribution is 6.03. The Balaban J connectivity index is 1.53. The van der Waals surface area contributed by atoms with E-state index < -0.39 is 29.6 Å². The maximum absolute atomic E-state index is 14.2. The third kappa shape index (κ3) is 4.55. The van der Waals surface area contributed by atoms with Crippen LogP contribution in [-0.2, 0) is 19.1 Å². The molecule has 1 spiro atoms. The van der Waals surface area contributed by atoms with Crippen molar-refractivity contribution in [3.05, 3.63) is 48.6 Å². The van der Waals surface area contributed by atoms with Crippen LogP contribution in [0.25, 0.3) is 0 Å². The molecule has 0 aromatic heterocycles. The highest BCUT2D eigenvalue weighted by atomic mass is 16.5. The molecule has 2 unspecified atom stereocenters. The summed E-state index contributed by atoms with van der Waals surface area (Å²) in [7, 11) is 0. The van der Waals surface area contributed by atoms with Gasteiger partial charge in [-0.15, -0.1) is 0 Å². The van der Waals surface area contributed by atoms with Crippen molar-refractivity contribution in [3.8, 4) is 5.75 Å². The maximum atomic E-state index is 14.2. The zero-order chi connectivity index (χ0) is 27.7.